The molecule has 3 N–H and O–H groups in total. The number of benzene rings is 1. The van der Waals surface area contributed by atoms with Gasteiger partial charge in [-0.3, -0.25) is 0 Å². The molecule has 0 spiro atoms. The number of aliphatic hydroxyl groups excluding tert-OH is 3. The van der Waals surface area contributed by atoms with Gasteiger partial charge in [0.1, 0.15) is 42.2 Å². The van der Waals surface area contributed by atoms with E-state index < -0.39 is 29.9 Å². The molecule has 1 heterocycles. The van der Waals surface area contributed by atoms with E-state index in [0.717, 1.165) is 0 Å². The minimum absolute atomic E-state index is 0.0859. The summed E-state index contributed by atoms with van der Waals surface area (Å²) in [6.45, 7) is 1.82. The van der Waals surface area contributed by atoms with Crippen LogP contribution >= 0.6 is 24.0 Å². The van der Waals surface area contributed by atoms with E-state index in [0.29, 0.717) is 11.5 Å². The van der Waals surface area contributed by atoms with E-state index in [1.807, 2.05) is 13.0 Å². The third-order valence-corrected chi connectivity index (χ3v) is 4.56. The lowest BCUT2D eigenvalue weighted by molar-refractivity contribution is -0.205. The van der Waals surface area contributed by atoms with Gasteiger partial charge >= 0.3 is 5.24 Å². The number of hydrogen-bond acceptors (Lipinski definition) is 8. The summed E-state index contributed by atoms with van der Waals surface area (Å²) in [5.74, 6) is 1.24. The molecule has 1 saturated heterocycles. The highest BCUT2D eigenvalue weighted by atomic mass is 32.2. The second-order valence-electron chi connectivity index (χ2n) is 4.95. The number of hydrogen-bond donors (Lipinski definition) is 3. The molecular weight excluding hydrogens is 340 g/mol. The Balaban J connectivity index is 1.87. The standard InChI is InChI=1S/C15H20O6S2/c1-2-23-14-13(18)12(17)11(16)10(21-14)8-19-15(22)20-9-6-4-3-5-7-9/h3-7,10-14,16-18H,2,8H2,1H3/t10-,11-,12+,13-,14+/m1/s1. The largest absolute Gasteiger partial charge is 0.454 e. The quantitative estimate of drug-likeness (QED) is 0.669. The van der Waals surface area contributed by atoms with E-state index in [4.69, 9.17) is 26.4 Å². The van der Waals surface area contributed by atoms with E-state index in [-0.39, 0.29) is 11.8 Å². The van der Waals surface area contributed by atoms with Crippen LogP contribution in [0.5, 0.6) is 5.75 Å². The van der Waals surface area contributed by atoms with Crippen molar-refractivity contribution in [3.63, 3.8) is 0 Å². The van der Waals surface area contributed by atoms with Crippen molar-refractivity contribution < 1.29 is 29.5 Å². The van der Waals surface area contributed by atoms with E-state index in [9.17, 15) is 15.3 Å². The molecule has 1 aromatic carbocycles. The van der Waals surface area contributed by atoms with Gasteiger partial charge in [-0.15, -0.1) is 11.8 Å². The van der Waals surface area contributed by atoms with Crippen molar-refractivity contribution in [3.05, 3.63) is 30.3 Å². The highest BCUT2D eigenvalue weighted by molar-refractivity contribution is 7.99. The molecule has 23 heavy (non-hydrogen) atoms. The lowest BCUT2D eigenvalue weighted by Gasteiger charge is -2.39. The molecule has 1 aromatic rings. The summed E-state index contributed by atoms with van der Waals surface area (Å²) >= 11 is 6.32. The van der Waals surface area contributed by atoms with Crippen molar-refractivity contribution in [2.45, 2.75) is 36.8 Å². The SMILES string of the molecule is CCS[C@@H]1O[C@H](COC(=S)Oc2ccccc2)[C@@H](O)[C@H](O)[C@H]1O. The normalized spacial score (nSPS) is 30.7. The van der Waals surface area contributed by atoms with Crippen molar-refractivity contribution >= 4 is 29.2 Å². The Bertz CT molecular complexity index is 500. The average Bonchev–Trinajstić information content (AvgIpc) is 2.55. The van der Waals surface area contributed by atoms with Crippen molar-refractivity contribution in [2.75, 3.05) is 12.4 Å². The van der Waals surface area contributed by atoms with Gasteiger partial charge in [0.05, 0.1) is 0 Å². The van der Waals surface area contributed by atoms with Gasteiger partial charge in [0.2, 0.25) is 0 Å². The molecule has 0 amide bonds. The van der Waals surface area contributed by atoms with Crippen molar-refractivity contribution in [2.24, 2.45) is 0 Å². The fourth-order valence-electron chi connectivity index (χ4n) is 2.12. The van der Waals surface area contributed by atoms with Crippen molar-refractivity contribution in [3.8, 4) is 5.75 Å². The van der Waals surface area contributed by atoms with Gasteiger partial charge in [0.15, 0.2) is 0 Å². The topological polar surface area (TPSA) is 88.4 Å². The van der Waals surface area contributed by atoms with E-state index in [2.05, 4.69) is 0 Å². The number of para-hydroxylation sites is 1. The van der Waals surface area contributed by atoms with Gasteiger partial charge in [-0.25, -0.2) is 0 Å². The van der Waals surface area contributed by atoms with Crippen LogP contribution in [0, 0.1) is 0 Å². The summed E-state index contributed by atoms with van der Waals surface area (Å²) in [6.07, 6.45) is -4.53. The highest BCUT2D eigenvalue weighted by Crippen LogP contribution is 2.28. The number of thiocarbonyl (C=S) groups is 1. The number of ether oxygens (including phenoxy) is 3. The first kappa shape index (κ1) is 18.4. The summed E-state index contributed by atoms with van der Waals surface area (Å²) in [4.78, 5) is 0. The molecule has 6 nitrogen and oxygen atoms in total. The van der Waals surface area contributed by atoms with Crippen LogP contribution in [0.2, 0.25) is 0 Å². The molecule has 0 aromatic heterocycles. The summed E-state index contributed by atoms with van der Waals surface area (Å²) in [5.41, 5.74) is -0.629. The van der Waals surface area contributed by atoms with Gasteiger partial charge in [0.25, 0.3) is 0 Å². The summed E-state index contributed by atoms with van der Waals surface area (Å²) in [6, 6.07) is 8.92. The molecule has 0 aliphatic carbocycles. The van der Waals surface area contributed by atoms with Gasteiger partial charge in [-0.1, -0.05) is 25.1 Å². The number of rotatable bonds is 5. The van der Waals surface area contributed by atoms with E-state index in [1.54, 1.807) is 24.3 Å². The third-order valence-electron chi connectivity index (χ3n) is 3.31. The Morgan fingerprint density at radius 1 is 1.17 bits per heavy atom. The Labute approximate surface area is 144 Å². The molecular formula is C15H20O6S2. The van der Waals surface area contributed by atoms with Crippen LogP contribution in [0.15, 0.2) is 30.3 Å². The van der Waals surface area contributed by atoms with Crippen LogP contribution < -0.4 is 4.74 Å². The van der Waals surface area contributed by atoms with Crippen LogP contribution in [-0.4, -0.2) is 62.8 Å². The number of thioether (sulfide) groups is 1. The Morgan fingerprint density at radius 3 is 2.52 bits per heavy atom. The molecule has 1 aliphatic rings. The van der Waals surface area contributed by atoms with E-state index >= 15 is 0 Å². The zero-order valence-electron chi connectivity index (χ0n) is 12.6. The monoisotopic (exact) mass is 360 g/mol. The Morgan fingerprint density at radius 2 is 1.87 bits per heavy atom. The van der Waals surface area contributed by atoms with Crippen molar-refractivity contribution in [1.29, 1.82) is 0 Å². The number of aliphatic hydroxyl groups is 3. The second kappa shape index (κ2) is 8.81. The lowest BCUT2D eigenvalue weighted by Crippen LogP contribution is -2.57. The van der Waals surface area contributed by atoms with Crippen LogP contribution in [0.4, 0.5) is 0 Å². The minimum Gasteiger partial charge on any atom is -0.454 e. The molecule has 1 fully saturated rings. The maximum absolute atomic E-state index is 9.99. The van der Waals surface area contributed by atoms with Crippen LogP contribution in [0.3, 0.4) is 0 Å². The smallest absolute Gasteiger partial charge is 0.357 e. The highest BCUT2D eigenvalue weighted by Gasteiger charge is 2.44. The maximum Gasteiger partial charge on any atom is 0.357 e. The molecule has 1 aliphatic heterocycles. The predicted molar refractivity (Wildman–Crippen MR) is 90.4 cm³/mol. The predicted octanol–water partition coefficient (Wildman–Crippen LogP) is 0.928. The molecule has 2 rings (SSSR count). The molecule has 0 saturated carbocycles. The molecule has 0 unspecified atom stereocenters. The maximum atomic E-state index is 9.99. The molecule has 8 heteroatoms. The average molecular weight is 360 g/mol. The third kappa shape index (κ3) is 5.03. The second-order valence-corrected chi connectivity index (χ2v) is 6.65. The summed E-state index contributed by atoms with van der Waals surface area (Å²) in [5, 5.41) is 29.7. The summed E-state index contributed by atoms with van der Waals surface area (Å²) in [7, 11) is 0. The van der Waals surface area contributed by atoms with Gasteiger partial charge in [0, 0.05) is 12.2 Å². The first-order valence-corrected chi connectivity index (χ1v) is 8.69. The van der Waals surface area contributed by atoms with Gasteiger partial charge in [-0.2, -0.15) is 0 Å². The first-order valence-electron chi connectivity index (χ1n) is 7.23. The minimum atomic E-state index is -1.30. The molecule has 0 radical (unpaired) electrons. The molecule has 128 valence electrons. The Hall–Kier alpha value is -0.900. The van der Waals surface area contributed by atoms with E-state index in [1.165, 1.54) is 11.8 Å². The van der Waals surface area contributed by atoms with Crippen molar-refractivity contribution in [1.82, 2.24) is 0 Å². The van der Waals surface area contributed by atoms with Crippen LogP contribution in [0.25, 0.3) is 0 Å². The zero-order chi connectivity index (χ0) is 16.8. The fraction of sp³-hybridized carbons (Fsp3) is 0.533. The lowest BCUT2D eigenvalue weighted by atomic mass is 10.0. The molecule has 0 bridgehead atoms. The zero-order valence-corrected chi connectivity index (χ0v) is 14.2. The summed E-state index contributed by atoms with van der Waals surface area (Å²) < 4.78 is 16.2. The van der Waals surface area contributed by atoms with Gasteiger partial charge in [-0.05, 0) is 17.9 Å². The van der Waals surface area contributed by atoms with Crippen LogP contribution in [0.1, 0.15) is 6.92 Å². The molecule has 5 atom stereocenters. The first-order chi connectivity index (χ1) is 11.0. The fourth-order valence-corrected chi connectivity index (χ4v) is 3.19. The van der Waals surface area contributed by atoms with Crippen LogP contribution in [-0.2, 0) is 9.47 Å². The Kier molecular flexibility index (Phi) is 7.07. The van der Waals surface area contributed by atoms with Gasteiger partial charge < -0.3 is 29.5 Å².